The number of hydrogen-bond donors (Lipinski definition) is 1. The van der Waals surface area contributed by atoms with Crippen molar-refractivity contribution in [1.29, 1.82) is 0 Å². The monoisotopic (exact) mass is 867 g/mol. The highest BCUT2D eigenvalue weighted by molar-refractivity contribution is 14.2. The van der Waals surface area contributed by atoms with E-state index in [-0.39, 0.29) is 0 Å². The second kappa shape index (κ2) is 48.3. The summed E-state index contributed by atoms with van der Waals surface area (Å²) in [5.74, 6) is 0. The van der Waals surface area contributed by atoms with Gasteiger partial charge in [0.05, 0.1) is 1.93 Å². The third-order valence-electron chi connectivity index (χ3n) is 5.07. The fourth-order valence-electron chi connectivity index (χ4n) is 2.89. The molecular formula is C44H71I2N. The molecule has 0 atom stereocenters. The van der Waals surface area contributed by atoms with Gasteiger partial charge in [-0.1, -0.05) is 248 Å². The molecular weight excluding hydrogens is 796 g/mol. The summed E-state index contributed by atoms with van der Waals surface area (Å²) in [5.41, 5.74) is 11.6. The Kier molecular flexibility index (Phi) is 55.8. The van der Waals surface area contributed by atoms with Crippen LogP contribution >= 0.6 is 45.2 Å². The molecule has 0 amide bonds. The predicted molar refractivity (Wildman–Crippen MR) is 241 cm³/mol. The molecule has 0 unspecified atom stereocenters. The average molecular weight is 868 g/mol. The largest absolute Gasteiger partial charge is 0.399 e. The van der Waals surface area contributed by atoms with Gasteiger partial charge in [0.2, 0.25) is 0 Å². The number of rotatable bonds is 3. The number of allylic oxidation sites excluding steroid dienone is 8. The van der Waals surface area contributed by atoms with E-state index in [0.29, 0.717) is 0 Å². The van der Waals surface area contributed by atoms with Gasteiger partial charge in [0, 0.05) is 5.69 Å². The van der Waals surface area contributed by atoms with Gasteiger partial charge in [-0.05, 0) is 62.8 Å². The Labute approximate surface area is 321 Å². The van der Waals surface area contributed by atoms with Crippen molar-refractivity contribution in [2.24, 2.45) is 0 Å². The zero-order valence-electron chi connectivity index (χ0n) is 32.4. The lowest BCUT2D eigenvalue weighted by Gasteiger charge is -2.01. The first-order valence-corrected chi connectivity index (χ1v) is 20.2. The summed E-state index contributed by atoms with van der Waals surface area (Å²) in [6.45, 7) is 26.3. The van der Waals surface area contributed by atoms with Crippen molar-refractivity contribution in [2.75, 3.05) is 5.73 Å². The van der Waals surface area contributed by atoms with Gasteiger partial charge in [-0.15, -0.1) is 0 Å². The summed E-state index contributed by atoms with van der Waals surface area (Å²) >= 11 is 4.79. The summed E-state index contributed by atoms with van der Waals surface area (Å²) in [5, 5.41) is 0. The molecule has 0 saturated heterocycles. The van der Waals surface area contributed by atoms with Crippen molar-refractivity contribution in [2.45, 2.75) is 118 Å². The van der Waals surface area contributed by atoms with Gasteiger partial charge >= 0.3 is 0 Å². The van der Waals surface area contributed by atoms with Crippen molar-refractivity contribution in [1.82, 2.24) is 0 Å². The SMILES string of the molecule is C1=CCC=C1.C1=CCC=C1.CC.CC.CC.CC.CC.CCC(I)I.Cc1ccc(Cc2ccccc2)cc1.Cc1ccc(N)cc1. The highest BCUT2D eigenvalue weighted by atomic mass is 127. The van der Waals surface area contributed by atoms with Crippen molar-refractivity contribution < 1.29 is 0 Å². The maximum absolute atomic E-state index is 5.43. The number of nitrogens with two attached hydrogens (primary N) is 1. The van der Waals surface area contributed by atoms with Gasteiger partial charge in [0.15, 0.2) is 0 Å². The zero-order valence-corrected chi connectivity index (χ0v) is 36.7. The molecule has 0 aromatic heterocycles. The highest BCUT2D eigenvalue weighted by Gasteiger charge is 1.94. The molecule has 0 radical (unpaired) electrons. The smallest absolute Gasteiger partial charge is 0.0624 e. The zero-order chi connectivity index (χ0) is 37.1. The van der Waals surface area contributed by atoms with Crippen LogP contribution in [0.5, 0.6) is 0 Å². The average Bonchev–Trinajstić information content (AvgIpc) is 3.94. The second-order valence-corrected chi connectivity index (χ2v) is 13.9. The van der Waals surface area contributed by atoms with Crippen LogP contribution in [0.3, 0.4) is 0 Å². The van der Waals surface area contributed by atoms with E-state index in [1.807, 2.05) is 100 Å². The van der Waals surface area contributed by atoms with Gasteiger partial charge in [0.25, 0.3) is 0 Å². The first-order valence-electron chi connectivity index (χ1n) is 17.7. The van der Waals surface area contributed by atoms with Crippen LogP contribution in [0.2, 0.25) is 0 Å². The van der Waals surface area contributed by atoms with Crippen LogP contribution in [-0.2, 0) is 6.42 Å². The molecule has 2 aliphatic rings. The van der Waals surface area contributed by atoms with Crippen molar-refractivity contribution in [3.05, 3.63) is 150 Å². The summed E-state index contributed by atoms with van der Waals surface area (Å²) in [7, 11) is 0. The third-order valence-corrected chi connectivity index (χ3v) is 6.83. The van der Waals surface area contributed by atoms with E-state index in [2.05, 4.69) is 162 Å². The third kappa shape index (κ3) is 43.9. The Morgan fingerprint density at radius 1 is 0.511 bits per heavy atom. The van der Waals surface area contributed by atoms with Gasteiger partial charge < -0.3 is 5.73 Å². The lowest BCUT2D eigenvalue weighted by Crippen LogP contribution is -1.86. The Bertz CT molecular complexity index is 999. The Morgan fingerprint density at radius 2 is 0.809 bits per heavy atom. The fourth-order valence-corrected chi connectivity index (χ4v) is 2.89. The second-order valence-electron chi connectivity index (χ2n) is 8.54. The van der Waals surface area contributed by atoms with Gasteiger partial charge in [0.1, 0.15) is 0 Å². The summed E-state index contributed by atoms with van der Waals surface area (Å²) in [6.07, 6.45) is 21.3. The van der Waals surface area contributed by atoms with Crippen LogP contribution in [0.1, 0.15) is 118 Å². The minimum Gasteiger partial charge on any atom is -0.399 e. The van der Waals surface area contributed by atoms with E-state index in [4.69, 9.17) is 5.73 Å². The van der Waals surface area contributed by atoms with Crippen LogP contribution in [0.15, 0.2) is 127 Å². The van der Waals surface area contributed by atoms with E-state index in [1.165, 1.54) is 28.7 Å². The van der Waals surface area contributed by atoms with E-state index in [0.717, 1.165) is 26.9 Å². The molecule has 1 nitrogen and oxygen atoms in total. The number of hydrogen-bond acceptors (Lipinski definition) is 1. The lowest BCUT2D eigenvalue weighted by molar-refractivity contribution is 1.11. The Morgan fingerprint density at radius 3 is 1.06 bits per heavy atom. The first-order chi connectivity index (χ1) is 22.9. The molecule has 2 N–H and O–H groups in total. The normalized spacial score (nSPS) is 9.96. The Hall–Kier alpha value is -2.12. The van der Waals surface area contributed by atoms with Crippen LogP contribution < -0.4 is 5.73 Å². The quantitative estimate of drug-likeness (QED) is 0.158. The molecule has 0 bridgehead atoms. The molecule has 0 saturated carbocycles. The van der Waals surface area contributed by atoms with Crippen LogP contribution in [-0.4, -0.2) is 1.93 Å². The Balaban J connectivity index is -0.000000155. The van der Waals surface area contributed by atoms with E-state index in [9.17, 15) is 0 Å². The van der Waals surface area contributed by atoms with Crippen LogP contribution in [0.25, 0.3) is 0 Å². The van der Waals surface area contributed by atoms with Crippen molar-refractivity contribution >= 4 is 50.9 Å². The number of halogens is 2. The van der Waals surface area contributed by atoms with Crippen LogP contribution in [0.4, 0.5) is 5.69 Å². The molecule has 5 rings (SSSR count). The van der Waals surface area contributed by atoms with E-state index >= 15 is 0 Å². The number of anilines is 1. The topological polar surface area (TPSA) is 26.0 Å². The maximum atomic E-state index is 5.43. The standard InChI is InChI=1S/C14H14.C7H9N.2C5H6.C3H6I2.5C2H6/c1-12-7-9-14(10-8-12)11-13-5-3-2-4-6-13;1-6-2-4-7(8)5-3-6;2*1-2-4-5-3-1;1-2-3(4)5;5*1-2/h2-10H,11H2,1H3;2-5H,8H2,1H3;2*1-4H,5H2;3H,2H2,1H3;5*1-2H3. The first kappa shape index (κ1) is 54.3. The molecule has 266 valence electrons. The molecule has 3 aromatic rings. The molecule has 2 aliphatic carbocycles. The minimum atomic E-state index is 0.824. The lowest BCUT2D eigenvalue weighted by atomic mass is 10.0. The molecule has 0 fully saturated rings. The highest BCUT2D eigenvalue weighted by Crippen LogP contribution is 2.12. The van der Waals surface area contributed by atoms with E-state index < -0.39 is 0 Å². The van der Waals surface area contributed by atoms with Crippen molar-refractivity contribution in [3.8, 4) is 0 Å². The van der Waals surface area contributed by atoms with Gasteiger partial charge in [-0.3, -0.25) is 0 Å². The molecule has 0 aliphatic heterocycles. The van der Waals surface area contributed by atoms with E-state index in [1.54, 1.807) is 0 Å². The summed E-state index contributed by atoms with van der Waals surface area (Å²) in [6, 6.07) is 27.1. The van der Waals surface area contributed by atoms with Crippen LogP contribution in [0, 0.1) is 13.8 Å². The van der Waals surface area contributed by atoms with Gasteiger partial charge in [-0.25, -0.2) is 0 Å². The number of alkyl halides is 2. The molecule has 0 spiro atoms. The minimum absolute atomic E-state index is 0.824. The molecule has 0 heterocycles. The van der Waals surface area contributed by atoms with Crippen molar-refractivity contribution in [3.63, 3.8) is 0 Å². The molecule has 3 heteroatoms. The molecule has 47 heavy (non-hydrogen) atoms. The summed E-state index contributed by atoms with van der Waals surface area (Å²) < 4.78 is 0.824. The number of aryl methyl sites for hydroxylation is 2. The fraction of sp³-hybridized carbons (Fsp3) is 0.409. The summed E-state index contributed by atoms with van der Waals surface area (Å²) in [4.78, 5) is 0. The number of nitrogen functional groups attached to an aromatic ring is 1. The number of benzene rings is 3. The van der Waals surface area contributed by atoms with Gasteiger partial charge in [-0.2, -0.15) is 0 Å². The molecule has 3 aromatic carbocycles. The predicted octanol–water partition coefficient (Wildman–Crippen LogP) is 15.9. The maximum Gasteiger partial charge on any atom is 0.0624 e.